The van der Waals surface area contributed by atoms with E-state index in [9.17, 15) is 18.8 Å². The molecular formula is C23H25ClFN5O4. The number of ether oxygens (including phenoxy) is 1. The van der Waals surface area contributed by atoms with Crippen molar-refractivity contribution in [2.45, 2.75) is 31.7 Å². The van der Waals surface area contributed by atoms with Crippen molar-refractivity contribution in [1.82, 2.24) is 20.2 Å². The number of rotatable bonds is 5. The molecule has 3 N–H and O–H groups in total. The van der Waals surface area contributed by atoms with E-state index in [0.717, 1.165) is 6.07 Å². The van der Waals surface area contributed by atoms with Crippen LogP contribution in [0.5, 0.6) is 0 Å². The van der Waals surface area contributed by atoms with Gasteiger partial charge in [0.1, 0.15) is 11.5 Å². The first-order chi connectivity index (χ1) is 16.3. The van der Waals surface area contributed by atoms with Gasteiger partial charge < -0.3 is 25.3 Å². The van der Waals surface area contributed by atoms with E-state index in [4.69, 9.17) is 16.3 Å². The number of halogens is 2. The van der Waals surface area contributed by atoms with Crippen LogP contribution in [0.25, 0.3) is 0 Å². The lowest BCUT2D eigenvalue weighted by molar-refractivity contribution is -0.176. The van der Waals surface area contributed by atoms with E-state index < -0.39 is 5.82 Å². The highest BCUT2D eigenvalue weighted by molar-refractivity contribution is 6.33. The molecule has 0 radical (unpaired) electrons. The summed E-state index contributed by atoms with van der Waals surface area (Å²) < 4.78 is 18.4. The quantitative estimate of drug-likeness (QED) is 0.597. The molecule has 0 unspecified atom stereocenters. The van der Waals surface area contributed by atoms with Crippen LogP contribution in [0.15, 0.2) is 24.5 Å². The Hall–Kier alpha value is -2.98. The molecule has 1 saturated carbocycles. The lowest BCUT2D eigenvalue weighted by Gasteiger charge is -2.54. The smallest absolute Gasteiger partial charge is 0.274 e. The third-order valence-electron chi connectivity index (χ3n) is 6.85. The molecule has 1 aromatic heterocycles. The molecule has 0 atom stereocenters. The van der Waals surface area contributed by atoms with Crippen LogP contribution in [0.3, 0.4) is 0 Å². The number of benzene rings is 1. The van der Waals surface area contributed by atoms with Crippen molar-refractivity contribution in [1.29, 1.82) is 0 Å². The third kappa shape index (κ3) is 4.39. The van der Waals surface area contributed by atoms with E-state index >= 15 is 0 Å². The van der Waals surface area contributed by atoms with Gasteiger partial charge in [-0.05, 0) is 43.9 Å². The molecule has 9 nitrogen and oxygen atoms in total. The maximum atomic E-state index is 13.2. The fourth-order valence-electron chi connectivity index (χ4n) is 4.84. The number of hydrogen-bond donors (Lipinski definition) is 3. The first kappa shape index (κ1) is 22.8. The number of carbonyl (C=O) groups excluding carboxylic acids is 3. The number of carbonyl (C=O) groups is 3. The topological polar surface area (TPSA) is 116 Å². The van der Waals surface area contributed by atoms with Crippen molar-refractivity contribution in [3.05, 3.63) is 46.8 Å². The van der Waals surface area contributed by atoms with Gasteiger partial charge in [0, 0.05) is 25.0 Å². The summed E-state index contributed by atoms with van der Waals surface area (Å²) in [7, 11) is 0. The molecule has 1 aromatic carbocycles. The Morgan fingerprint density at radius 1 is 1.18 bits per heavy atom. The van der Waals surface area contributed by atoms with Crippen LogP contribution in [0.2, 0.25) is 5.02 Å². The van der Waals surface area contributed by atoms with Gasteiger partial charge >= 0.3 is 0 Å². The number of nitrogens with zero attached hydrogens (tertiary/aromatic N) is 2. The summed E-state index contributed by atoms with van der Waals surface area (Å²) >= 11 is 5.99. The van der Waals surface area contributed by atoms with Gasteiger partial charge in [-0.25, -0.2) is 9.37 Å². The van der Waals surface area contributed by atoms with Crippen molar-refractivity contribution in [3.8, 4) is 0 Å². The number of likely N-dealkylation sites (tertiary alicyclic amines) is 1. The number of H-pyrrole nitrogens is 1. The van der Waals surface area contributed by atoms with Gasteiger partial charge in [-0.15, -0.1) is 0 Å². The molecule has 11 heteroatoms. The van der Waals surface area contributed by atoms with Crippen LogP contribution in [0.4, 0.5) is 10.1 Å². The summed E-state index contributed by atoms with van der Waals surface area (Å²) in [5.41, 5.74) is 0.734. The number of imidazole rings is 1. The second-order valence-corrected chi connectivity index (χ2v) is 9.82. The molecule has 2 saturated heterocycles. The Kier molecular flexibility index (Phi) is 6.03. The molecule has 0 bridgehead atoms. The van der Waals surface area contributed by atoms with Crippen LogP contribution >= 0.6 is 11.6 Å². The van der Waals surface area contributed by atoms with E-state index in [1.165, 1.54) is 18.5 Å². The highest BCUT2D eigenvalue weighted by Crippen LogP contribution is 2.38. The van der Waals surface area contributed by atoms with Gasteiger partial charge in [-0.3, -0.25) is 14.4 Å². The van der Waals surface area contributed by atoms with Gasteiger partial charge in [-0.1, -0.05) is 11.6 Å². The molecular weight excluding hydrogens is 465 g/mol. The van der Waals surface area contributed by atoms with Crippen LogP contribution in [-0.4, -0.2) is 64.9 Å². The van der Waals surface area contributed by atoms with Crippen molar-refractivity contribution in [2.75, 3.05) is 31.6 Å². The second kappa shape index (κ2) is 8.99. The fourth-order valence-corrected chi connectivity index (χ4v) is 5.06. The molecule has 3 heterocycles. The van der Waals surface area contributed by atoms with E-state index in [-0.39, 0.29) is 51.5 Å². The normalized spacial score (nSPS) is 23.1. The first-order valence-electron chi connectivity index (χ1n) is 11.3. The Balaban J connectivity index is 1.12. The monoisotopic (exact) mass is 489 g/mol. The van der Waals surface area contributed by atoms with Crippen molar-refractivity contribution < 1.29 is 23.5 Å². The largest absolute Gasteiger partial charge is 0.380 e. The van der Waals surface area contributed by atoms with Crippen molar-refractivity contribution >= 4 is 35.0 Å². The summed E-state index contributed by atoms with van der Waals surface area (Å²) in [6.45, 7) is 2.58. The van der Waals surface area contributed by atoms with E-state index in [1.807, 2.05) is 0 Å². The summed E-state index contributed by atoms with van der Waals surface area (Å²) in [5, 5.41) is 5.86. The standard InChI is InChI=1S/C23H25ClFN5O4/c24-16-7-14(25)3-6-17(16)29-20(31)13-1-4-15(5-2-13)28-21(32)18-19(27-12-26-18)22(33)30-8-23(9-30)10-34-11-23/h3,6-7,12-13,15H,1-2,4-5,8-11H2,(H,26,27)(H,28,32)(H,29,31). The predicted molar refractivity (Wildman–Crippen MR) is 121 cm³/mol. The Morgan fingerprint density at radius 3 is 2.56 bits per heavy atom. The van der Waals surface area contributed by atoms with Crippen LogP contribution in [0.1, 0.15) is 46.7 Å². The third-order valence-corrected chi connectivity index (χ3v) is 7.16. The van der Waals surface area contributed by atoms with Crippen molar-refractivity contribution in [3.63, 3.8) is 0 Å². The maximum Gasteiger partial charge on any atom is 0.274 e. The Labute approximate surface area is 200 Å². The van der Waals surface area contributed by atoms with Gasteiger partial charge in [0.25, 0.3) is 11.8 Å². The summed E-state index contributed by atoms with van der Waals surface area (Å²) in [4.78, 5) is 46.8. The summed E-state index contributed by atoms with van der Waals surface area (Å²) in [5.74, 6) is -1.52. The SMILES string of the molecule is O=C(NC1CCC(C(=O)Nc2ccc(F)cc2Cl)CC1)c1[nH]cnc1C(=O)N1CC2(COC2)C1. The Bertz CT molecular complexity index is 1120. The molecule has 180 valence electrons. The minimum absolute atomic E-state index is 0.0847. The number of hydrogen-bond acceptors (Lipinski definition) is 5. The number of anilines is 1. The van der Waals surface area contributed by atoms with Gasteiger partial charge in [0.05, 0.1) is 35.7 Å². The number of aromatic amines is 1. The minimum atomic E-state index is -0.469. The average molecular weight is 490 g/mol. The predicted octanol–water partition coefficient (Wildman–Crippen LogP) is 2.60. The molecule has 1 spiro atoms. The van der Waals surface area contributed by atoms with Crippen molar-refractivity contribution in [2.24, 2.45) is 11.3 Å². The number of amides is 3. The number of nitrogens with one attached hydrogen (secondary N) is 3. The second-order valence-electron chi connectivity index (χ2n) is 9.42. The van der Waals surface area contributed by atoms with Gasteiger partial charge in [-0.2, -0.15) is 0 Å². The van der Waals surface area contributed by atoms with Crippen LogP contribution < -0.4 is 10.6 Å². The maximum absolute atomic E-state index is 13.2. The molecule has 3 fully saturated rings. The number of aromatic nitrogens is 2. The highest BCUT2D eigenvalue weighted by Gasteiger charge is 2.51. The molecule has 5 rings (SSSR count). The molecule has 34 heavy (non-hydrogen) atoms. The van der Waals surface area contributed by atoms with E-state index in [0.29, 0.717) is 57.7 Å². The van der Waals surface area contributed by atoms with Crippen LogP contribution in [-0.2, 0) is 9.53 Å². The molecule has 2 aliphatic heterocycles. The van der Waals surface area contributed by atoms with E-state index in [1.54, 1.807) is 4.90 Å². The first-order valence-corrected chi connectivity index (χ1v) is 11.7. The lowest BCUT2D eigenvalue weighted by Crippen LogP contribution is -2.67. The Morgan fingerprint density at radius 2 is 1.91 bits per heavy atom. The molecule has 2 aromatic rings. The molecule has 3 amide bonds. The molecule has 1 aliphatic carbocycles. The van der Waals surface area contributed by atoms with Crippen LogP contribution in [0, 0.1) is 17.2 Å². The zero-order valence-electron chi connectivity index (χ0n) is 18.4. The van der Waals surface area contributed by atoms with E-state index in [2.05, 4.69) is 20.6 Å². The summed E-state index contributed by atoms with van der Waals surface area (Å²) in [6, 6.07) is 3.71. The fraction of sp³-hybridized carbons (Fsp3) is 0.478. The summed E-state index contributed by atoms with van der Waals surface area (Å²) in [6.07, 6.45) is 3.76. The lowest BCUT2D eigenvalue weighted by atomic mass is 9.78. The molecule has 3 aliphatic rings. The van der Waals surface area contributed by atoms with Gasteiger partial charge in [0.15, 0.2) is 5.69 Å². The zero-order valence-corrected chi connectivity index (χ0v) is 19.2. The van der Waals surface area contributed by atoms with Gasteiger partial charge in [0.2, 0.25) is 5.91 Å². The highest BCUT2D eigenvalue weighted by atomic mass is 35.5. The minimum Gasteiger partial charge on any atom is -0.380 e. The average Bonchev–Trinajstić information content (AvgIpc) is 3.24. The zero-order chi connectivity index (χ0) is 23.9.